The topological polar surface area (TPSA) is 96.1 Å². The number of nitrogens with one attached hydrogen (secondary N) is 2. The summed E-state index contributed by atoms with van der Waals surface area (Å²) in [5.74, 6) is 2.37. The number of aryl methyl sites for hydroxylation is 1. The first-order valence-electron chi connectivity index (χ1n) is 8.64. The number of hydrogen-bond acceptors (Lipinski definition) is 5. The molecule has 0 fully saturated rings. The predicted octanol–water partition coefficient (Wildman–Crippen LogP) is 4.13. The molecule has 1 aliphatic heterocycles. The minimum Gasteiger partial charge on any atom is -0.459 e. The molecule has 7 nitrogen and oxygen atoms in total. The number of rotatable bonds is 8. The summed E-state index contributed by atoms with van der Waals surface area (Å²) < 4.78 is 5.07. The molecule has 2 amide bonds. The molecule has 0 radical (unpaired) electrons. The van der Waals surface area contributed by atoms with Crippen molar-refractivity contribution in [3.05, 3.63) is 47.9 Å². The Morgan fingerprint density at radius 2 is 2.04 bits per heavy atom. The van der Waals surface area contributed by atoms with Crippen LogP contribution in [0.3, 0.4) is 0 Å². The van der Waals surface area contributed by atoms with E-state index in [0.717, 1.165) is 5.56 Å². The summed E-state index contributed by atoms with van der Waals surface area (Å²) in [4.78, 5) is 24.2. The van der Waals surface area contributed by atoms with Gasteiger partial charge in [-0.05, 0) is 42.8 Å². The van der Waals surface area contributed by atoms with Crippen molar-refractivity contribution < 1.29 is 14.0 Å². The van der Waals surface area contributed by atoms with Crippen LogP contribution in [-0.2, 0) is 4.79 Å². The van der Waals surface area contributed by atoms with Gasteiger partial charge in [0.15, 0.2) is 11.4 Å². The van der Waals surface area contributed by atoms with Gasteiger partial charge in [-0.2, -0.15) is 10.2 Å². The van der Waals surface area contributed by atoms with E-state index in [9.17, 15) is 9.59 Å². The van der Waals surface area contributed by atoms with Crippen LogP contribution in [0.5, 0.6) is 0 Å². The van der Waals surface area contributed by atoms with Gasteiger partial charge in [-0.1, -0.05) is 0 Å². The third-order valence-electron chi connectivity index (χ3n) is 4.31. The normalized spacial score (nSPS) is 13.6. The molecule has 1 aromatic carbocycles. The van der Waals surface area contributed by atoms with E-state index in [4.69, 9.17) is 10.8 Å². The van der Waals surface area contributed by atoms with Crippen molar-refractivity contribution in [3.8, 4) is 12.3 Å². The van der Waals surface area contributed by atoms with E-state index in [2.05, 4.69) is 26.8 Å². The molecule has 2 heterocycles. The number of benzene rings is 1. The van der Waals surface area contributed by atoms with Crippen LogP contribution < -0.4 is 10.6 Å². The Balaban J connectivity index is 1.52. The lowest BCUT2D eigenvalue weighted by Gasteiger charge is -2.12. The van der Waals surface area contributed by atoms with Crippen molar-refractivity contribution in [2.24, 2.45) is 10.2 Å². The average molecular weight is 364 g/mol. The summed E-state index contributed by atoms with van der Waals surface area (Å²) in [5.41, 5.74) is 1.68. The van der Waals surface area contributed by atoms with Crippen LogP contribution in [0.15, 0.2) is 51.2 Å². The number of anilines is 2. The fraction of sp³-hybridized carbons (Fsp3) is 0.300. The number of carbonyl (C=O) groups is 2. The number of amides is 2. The molecule has 0 saturated heterocycles. The first-order valence-corrected chi connectivity index (χ1v) is 8.64. The fourth-order valence-electron chi connectivity index (χ4n) is 2.68. The summed E-state index contributed by atoms with van der Waals surface area (Å²) in [6.07, 6.45) is 8.85. The van der Waals surface area contributed by atoms with Gasteiger partial charge in [0.05, 0.1) is 6.26 Å². The number of carbonyl (C=O) groups excluding carboxylic acids is 2. The second-order valence-corrected chi connectivity index (χ2v) is 6.40. The SMILES string of the molecule is C#CCCC1(CCC(=O)Nc2ccc(NC(=O)c3ccco3)c(C)c2)N=N1. The monoisotopic (exact) mass is 364 g/mol. The summed E-state index contributed by atoms with van der Waals surface area (Å²) in [5, 5.41) is 13.7. The van der Waals surface area contributed by atoms with Crippen LogP contribution in [0.2, 0.25) is 0 Å². The van der Waals surface area contributed by atoms with Gasteiger partial charge in [0, 0.05) is 37.1 Å². The minimum atomic E-state index is -0.459. The van der Waals surface area contributed by atoms with E-state index >= 15 is 0 Å². The highest BCUT2D eigenvalue weighted by Gasteiger charge is 2.39. The Morgan fingerprint density at radius 1 is 1.22 bits per heavy atom. The summed E-state index contributed by atoms with van der Waals surface area (Å²) in [7, 11) is 0. The maximum atomic E-state index is 12.2. The molecule has 0 bridgehead atoms. The molecule has 1 aromatic heterocycles. The number of furan rings is 1. The van der Waals surface area contributed by atoms with Crippen molar-refractivity contribution in [2.75, 3.05) is 10.6 Å². The zero-order chi connectivity index (χ0) is 19.3. The third-order valence-corrected chi connectivity index (χ3v) is 4.31. The second kappa shape index (κ2) is 7.87. The van der Waals surface area contributed by atoms with Crippen molar-refractivity contribution >= 4 is 23.2 Å². The third kappa shape index (κ3) is 4.82. The highest BCUT2D eigenvalue weighted by Crippen LogP contribution is 2.37. The molecule has 27 heavy (non-hydrogen) atoms. The highest BCUT2D eigenvalue weighted by atomic mass is 16.3. The Hall–Kier alpha value is -3.40. The summed E-state index contributed by atoms with van der Waals surface area (Å²) >= 11 is 0. The van der Waals surface area contributed by atoms with E-state index in [0.29, 0.717) is 37.1 Å². The average Bonchev–Trinajstić information content (AvgIpc) is 3.20. The van der Waals surface area contributed by atoms with Gasteiger partial charge in [0.1, 0.15) is 0 Å². The predicted molar refractivity (Wildman–Crippen MR) is 101 cm³/mol. The van der Waals surface area contributed by atoms with Crippen LogP contribution >= 0.6 is 0 Å². The Bertz CT molecular complexity index is 904. The largest absolute Gasteiger partial charge is 0.459 e. The first kappa shape index (κ1) is 18.4. The Labute approximate surface area is 157 Å². The molecule has 2 aromatic rings. The van der Waals surface area contributed by atoms with Gasteiger partial charge in [-0.25, -0.2) is 0 Å². The quantitative estimate of drug-likeness (QED) is 0.689. The van der Waals surface area contributed by atoms with Crippen LogP contribution in [0.4, 0.5) is 11.4 Å². The summed E-state index contributed by atoms with van der Waals surface area (Å²) in [6.45, 7) is 1.85. The standard InChI is InChI=1S/C20H20N4O3/c1-3-4-10-20(23-24-20)11-9-18(25)21-15-7-8-16(14(2)13-15)22-19(26)17-6-5-12-27-17/h1,5-8,12-13H,4,9-11H2,2H3,(H,21,25)(H,22,26). The zero-order valence-electron chi connectivity index (χ0n) is 15.0. The number of nitrogens with zero attached hydrogens (tertiary/aromatic N) is 2. The maximum absolute atomic E-state index is 12.2. The molecule has 0 saturated carbocycles. The molecule has 0 aliphatic carbocycles. The zero-order valence-corrected chi connectivity index (χ0v) is 15.0. The molecular formula is C20H20N4O3. The molecule has 0 spiro atoms. The highest BCUT2D eigenvalue weighted by molar-refractivity contribution is 6.02. The van der Waals surface area contributed by atoms with Crippen LogP contribution in [0, 0.1) is 19.3 Å². The first-order chi connectivity index (χ1) is 13.0. The van der Waals surface area contributed by atoms with E-state index in [-0.39, 0.29) is 17.6 Å². The molecule has 0 unspecified atom stereocenters. The van der Waals surface area contributed by atoms with Crippen LogP contribution in [-0.4, -0.2) is 17.5 Å². The Kier molecular flexibility index (Phi) is 5.36. The number of terminal acetylenes is 1. The van der Waals surface area contributed by atoms with Crippen molar-refractivity contribution in [1.82, 2.24) is 0 Å². The van der Waals surface area contributed by atoms with Gasteiger partial charge in [0.25, 0.3) is 5.91 Å². The van der Waals surface area contributed by atoms with E-state index in [1.807, 2.05) is 6.92 Å². The van der Waals surface area contributed by atoms with E-state index in [1.165, 1.54) is 6.26 Å². The molecule has 3 rings (SSSR count). The maximum Gasteiger partial charge on any atom is 0.291 e. The van der Waals surface area contributed by atoms with Crippen molar-refractivity contribution in [1.29, 1.82) is 0 Å². The molecule has 138 valence electrons. The molecule has 7 heteroatoms. The fourth-order valence-corrected chi connectivity index (χ4v) is 2.68. The minimum absolute atomic E-state index is 0.112. The molecule has 1 aliphatic rings. The van der Waals surface area contributed by atoms with Crippen LogP contribution in [0.1, 0.15) is 41.8 Å². The number of hydrogen-bond donors (Lipinski definition) is 2. The van der Waals surface area contributed by atoms with Crippen molar-refractivity contribution in [2.45, 2.75) is 38.3 Å². The lowest BCUT2D eigenvalue weighted by Crippen LogP contribution is -2.18. The van der Waals surface area contributed by atoms with Crippen molar-refractivity contribution in [3.63, 3.8) is 0 Å². The van der Waals surface area contributed by atoms with Crippen LogP contribution in [0.25, 0.3) is 0 Å². The lowest BCUT2D eigenvalue weighted by atomic mass is 10.0. The molecule has 2 N–H and O–H groups in total. The molecular weight excluding hydrogens is 344 g/mol. The molecule has 0 atom stereocenters. The smallest absolute Gasteiger partial charge is 0.291 e. The van der Waals surface area contributed by atoms with Gasteiger partial charge < -0.3 is 15.1 Å². The van der Waals surface area contributed by atoms with E-state index in [1.54, 1.807) is 30.3 Å². The van der Waals surface area contributed by atoms with Gasteiger partial charge >= 0.3 is 0 Å². The second-order valence-electron chi connectivity index (χ2n) is 6.40. The van der Waals surface area contributed by atoms with Gasteiger partial charge in [-0.15, -0.1) is 12.3 Å². The van der Waals surface area contributed by atoms with E-state index < -0.39 is 5.66 Å². The Morgan fingerprint density at radius 3 is 2.67 bits per heavy atom. The summed E-state index contributed by atoms with van der Waals surface area (Å²) in [6, 6.07) is 8.53. The van der Waals surface area contributed by atoms with Gasteiger partial charge in [-0.3, -0.25) is 9.59 Å². The van der Waals surface area contributed by atoms with Gasteiger partial charge in [0.2, 0.25) is 5.91 Å². The lowest BCUT2D eigenvalue weighted by molar-refractivity contribution is -0.116.